The van der Waals surface area contributed by atoms with Gasteiger partial charge in [-0.2, -0.15) is 0 Å². The lowest BCUT2D eigenvalue weighted by molar-refractivity contribution is -0.122. The monoisotopic (exact) mass is 451 g/mol. The highest BCUT2D eigenvalue weighted by atomic mass is 19.1. The lowest BCUT2D eigenvalue weighted by Crippen LogP contribution is -2.38. The second-order valence-electron chi connectivity index (χ2n) is 7.37. The lowest BCUT2D eigenvalue weighted by Gasteiger charge is -2.29. The van der Waals surface area contributed by atoms with Gasteiger partial charge < -0.3 is 26.4 Å². The number of nitrogen functional groups attached to an aromatic ring is 1. The first-order valence-electron chi connectivity index (χ1n) is 10.0. The van der Waals surface area contributed by atoms with Crippen molar-refractivity contribution in [1.82, 2.24) is 20.3 Å². The van der Waals surface area contributed by atoms with Gasteiger partial charge in [0.2, 0.25) is 11.8 Å². The van der Waals surface area contributed by atoms with Crippen LogP contribution in [0.1, 0.15) is 28.6 Å². The summed E-state index contributed by atoms with van der Waals surface area (Å²) in [6.07, 6.45) is 0.417. The Hall–Kier alpha value is -4.28. The van der Waals surface area contributed by atoms with E-state index in [0.717, 1.165) is 5.56 Å². The highest BCUT2D eigenvalue weighted by Crippen LogP contribution is 2.34. The number of nitrogens with two attached hydrogens (primary N) is 2. The first kappa shape index (κ1) is 21.9. The summed E-state index contributed by atoms with van der Waals surface area (Å²) in [6.45, 7) is 1.38. The average Bonchev–Trinajstić information content (AvgIpc) is 2.78. The molecule has 1 aromatic carbocycles. The molecule has 3 aromatic rings. The van der Waals surface area contributed by atoms with Crippen LogP contribution in [0.3, 0.4) is 0 Å². The molecule has 170 valence electrons. The number of primary amides is 1. The first-order chi connectivity index (χ1) is 15.9. The van der Waals surface area contributed by atoms with Crippen LogP contribution >= 0.6 is 0 Å². The molecule has 0 aliphatic carbocycles. The Morgan fingerprint density at radius 2 is 2.09 bits per heavy atom. The number of aryl methyl sites for hydroxylation is 1. The van der Waals surface area contributed by atoms with Crippen molar-refractivity contribution < 1.29 is 18.8 Å². The zero-order valence-corrected chi connectivity index (χ0v) is 18.0. The number of benzene rings is 1. The van der Waals surface area contributed by atoms with Gasteiger partial charge in [0.1, 0.15) is 5.82 Å². The molecule has 0 fully saturated rings. The molecule has 0 radical (unpaired) electrons. The van der Waals surface area contributed by atoms with Crippen LogP contribution in [0.4, 0.5) is 10.3 Å². The molecule has 4 rings (SSSR count). The van der Waals surface area contributed by atoms with Crippen molar-refractivity contribution in [3.63, 3.8) is 0 Å². The van der Waals surface area contributed by atoms with Gasteiger partial charge in [0, 0.05) is 18.1 Å². The highest BCUT2D eigenvalue weighted by molar-refractivity contribution is 6.01. The van der Waals surface area contributed by atoms with Gasteiger partial charge in [0.05, 0.1) is 35.8 Å². The minimum absolute atomic E-state index is 0.123. The summed E-state index contributed by atoms with van der Waals surface area (Å²) in [5, 5.41) is 7.34. The number of nitrogens with one attached hydrogen (secondary N) is 1. The van der Waals surface area contributed by atoms with Gasteiger partial charge >= 0.3 is 0 Å². The van der Waals surface area contributed by atoms with Crippen molar-refractivity contribution in [2.24, 2.45) is 10.9 Å². The molecule has 0 unspecified atom stereocenters. The molecule has 11 heteroatoms. The average molecular weight is 451 g/mol. The fourth-order valence-corrected chi connectivity index (χ4v) is 3.75. The second kappa shape index (κ2) is 9.07. The van der Waals surface area contributed by atoms with Crippen molar-refractivity contribution >= 4 is 17.7 Å². The number of carbonyl (C=O) groups excluding carboxylic acids is 1. The molecule has 2 aromatic heterocycles. The molecule has 1 aliphatic heterocycles. The Morgan fingerprint density at radius 3 is 2.85 bits per heavy atom. The molecular formula is C22H22FN7O3. The second-order valence-corrected chi connectivity index (χ2v) is 7.37. The van der Waals surface area contributed by atoms with E-state index in [-0.39, 0.29) is 12.0 Å². The van der Waals surface area contributed by atoms with E-state index in [1.807, 2.05) is 0 Å². The number of rotatable bonds is 6. The maximum atomic E-state index is 14.2. The molecule has 0 saturated heterocycles. The zero-order chi connectivity index (χ0) is 23.5. The molecule has 0 spiro atoms. The minimum atomic E-state index is -0.665. The third-order valence-electron chi connectivity index (χ3n) is 5.09. The van der Waals surface area contributed by atoms with Crippen LogP contribution in [-0.2, 0) is 16.1 Å². The maximum absolute atomic E-state index is 14.2. The number of oxime groups is 1. The quantitative estimate of drug-likeness (QED) is 0.479. The smallest absolute Gasteiger partial charge is 0.258 e. The summed E-state index contributed by atoms with van der Waals surface area (Å²) < 4.78 is 19.5. The van der Waals surface area contributed by atoms with Gasteiger partial charge in [-0.3, -0.25) is 4.79 Å². The Morgan fingerprint density at radius 1 is 1.27 bits per heavy atom. The minimum Gasteiger partial charge on any atom is -0.481 e. The number of carbonyl (C=O) groups is 1. The van der Waals surface area contributed by atoms with Crippen LogP contribution in [0, 0.1) is 12.7 Å². The SMILES string of the molecule is COc1cccc(-c2cc(F)ccc2[C@H]2Cc3nc(N)nc(C)c3/C(=N/OCC(N)=O)N2)n1. The number of amidine groups is 1. The van der Waals surface area contributed by atoms with Crippen LogP contribution in [0.15, 0.2) is 41.6 Å². The van der Waals surface area contributed by atoms with Crippen LogP contribution in [0.25, 0.3) is 11.3 Å². The van der Waals surface area contributed by atoms with Gasteiger partial charge in [-0.1, -0.05) is 17.3 Å². The fourth-order valence-electron chi connectivity index (χ4n) is 3.75. The van der Waals surface area contributed by atoms with Crippen molar-refractivity contribution in [1.29, 1.82) is 0 Å². The van der Waals surface area contributed by atoms with Crippen LogP contribution in [0.5, 0.6) is 5.88 Å². The van der Waals surface area contributed by atoms with Crippen LogP contribution in [-0.4, -0.2) is 40.4 Å². The Labute approximate surface area is 188 Å². The van der Waals surface area contributed by atoms with Gasteiger partial charge in [0.15, 0.2) is 12.4 Å². The van der Waals surface area contributed by atoms with Crippen molar-refractivity contribution in [3.05, 3.63) is 64.7 Å². The third-order valence-corrected chi connectivity index (χ3v) is 5.09. The van der Waals surface area contributed by atoms with E-state index in [9.17, 15) is 9.18 Å². The van der Waals surface area contributed by atoms with Gasteiger partial charge in [-0.05, 0) is 30.7 Å². The molecule has 0 saturated carbocycles. The van der Waals surface area contributed by atoms with Crippen molar-refractivity contribution in [2.75, 3.05) is 19.5 Å². The number of fused-ring (bicyclic) bond motifs is 1. The fraction of sp³-hybridized carbons (Fsp3) is 0.227. The summed E-state index contributed by atoms with van der Waals surface area (Å²) in [6, 6.07) is 9.33. The van der Waals surface area contributed by atoms with E-state index in [1.54, 1.807) is 31.2 Å². The van der Waals surface area contributed by atoms with E-state index in [4.69, 9.17) is 21.0 Å². The molecule has 33 heavy (non-hydrogen) atoms. The Balaban J connectivity index is 1.80. The van der Waals surface area contributed by atoms with Crippen molar-refractivity contribution in [3.8, 4) is 17.1 Å². The third kappa shape index (κ3) is 4.66. The molecule has 5 N–H and O–H groups in total. The predicted molar refractivity (Wildman–Crippen MR) is 119 cm³/mol. The van der Waals surface area contributed by atoms with E-state index in [1.165, 1.54) is 19.2 Å². The summed E-state index contributed by atoms with van der Waals surface area (Å²) >= 11 is 0. The summed E-state index contributed by atoms with van der Waals surface area (Å²) in [5.74, 6) is -0.229. The number of nitrogens with zero attached hydrogens (tertiary/aromatic N) is 4. The molecule has 1 atom stereocenters. The van der Waals surface area contributed by atoms with Gasteiger partial charge in [0.25, 0.3) is 5.91 Å². The standard InChI is InChI=1S/C22H22FN7O3/c1-11-20-17(29-22(25)26-11)9-16(28-21(20)30-33-10-18(24)31)13-7-6-12(23)8-14(13)15-4-3-5-19(27-15)32-2/h3-8,16H,9-10H2,1-2H3,(H2,24,31)(H,28,30)(H2,25,26,29)/t16-/m1/s1. The number of halogens is 1. The van der Waals surface area contributed by atoms with Crippen LogP contribution < -0.4 is 21.5 Å². The van der Waals surface area contributed by atoms with E-state index >= 15 is 0 Å². The van der Waals surface area contributed by atoms with Gasteiger partial charge in [-0.15, -0.1) is 0 Å². The number of ether oxygens (including phenoxy) is 1. The molecule has 3 heterocycles. The normalized spacial score (nSPS) is 16.1. The number of aromatic nitrogens is 3. The molecule has 10 nitrogen and oxygen atoms in total. The molecule has 0 bridgehead atoms. The Bertz CT molecular complexity index is 1250. The number of hydrogen-bond acceptors (Lipinski definition) is 8. The first-order valence-corrected chi connectivity index (χ1v) is 10.0. The summed E-state index contributed by atoms with van der Waals surface area (Å²) in [5.41, 5.74) is 14.7. The van der Waals surface area contributed by atoms with Gasteiger partial charge in [-0.25, -0.2) is 19.3 Å². The molecule has 1 amide bonds. The lowest BCUT2D eigenvalue weighted by atomic mass is 9.90. The maximum Gasteiger partial charge on any atom is 0.258 e. The predicted octanol–water partition coefficient (Wildman–Crippen LogP) is 1.63. The number of methoxy groups -OCH3 is 1. The van der Waals surface area contributed by atoms with Crippen LogP contribution in [0.2, 0.25) is 0 Å². The van der Waals surface area contributed by atoms with E-state index < -0.39 is 18.3 Å². The zero-order valence-electron chi connectivity index (χ0n) is 18.0. The number of pyridine rings is 1. The molecular weight excluding hydrogens is 429 g/mol. The number of hydrogen-bond donors (Lipinski definition) is 3. The number of anilines is 1. The largest absolute Gasteiger partial charge is 0.481 e. The number of amides is 1. The van der Waals surface area contributed by atoms with E-state index in [2.05, 4.69) is 25.4 Å². The Kier molecular flexibility index (Phi) is 6.03. The van der Waals surface area contributed by atoms with E-state index in [0.29, 0.717) is 46.3 Å². The topological polar surface area (TPSA) is 151 Å². The summed E-state index contributed by atoms with van der Waals surface area (Å²) in [4.78, 5) is 29.2. The van der Waals surface area contributed by atoms with Crippen molar-refractivity contribution in [2.45, 2.75) is 19.4 Å². The highest BCUT2D eigenvalue weighted by Gasteiger charge is 2.30. The summed E-state index contributed by atoms with van der Waals surface area (Å²) in [7, 11) is 1.51. The molecule has 1 aliphatic rings.